The van der Waals surface area contributed by atoms with E-state index in [1.54, 1.807) is 6.08 Å². The van der Waals surface area contributed by atoms with E-state index >= 15 is 0 Å². The van der Waals surface area contributed by atoms with E-state index in [1.807, 2.05) is 32.1 Å². The van der Waals surface area contributed by atoms with E-state index in [1.165, 1.54) is 11.1 Å². The topological polar surface area (TPSA) is 37.3 Å². The molecule has 74 valence electrons. The van der Waals surface area contributed by atoms with Crippen LogP contribution in [0.1, 0.15) is 23.1 Å². The smallest absolute Gasteiger partial charge is 0.307 e. The molecule has 1 rings (SSSR count). The molecule has 2 heteroatoms. The zero-order valence-electron chi connectivity index (χ0n) is 8.45. The fourth-order valence-corrected chi connectivity index (χ4v) is 1.40. The molecule has 0 radical (unpaired) electrons. The van der Waals surface area contributed by atoms with Gasteiger partial charge in [-0.15, -0.1) is 0 Å². The first kappa shape index (κ1) is 10.5. The van der Waals surface area contributed by atoms with Gasteiger partial charge in [0.25, 0.3) is 0 Å². The predicted molar refractivity (Wildman–Crippen MR) is 57.2 cm³/mol. The van der Waals surface area contributed by atoms with Gasteiger partial charge in [0.05, 0.1) is 6.42 Å². The summed E-state index contributed by atoms with van der Waals surface area (Å²) in [4.78, 5) is 10.3. The molecule has 0 bridgehead atoms. The van der Waals surface area contributed by atoms with Gasteiger partial charge in [0.1, 0.15) is 0 Å². The lowest BCUT2D eigenvalue weighted by Crippen LogP contribution is -1.89. The van der Waals surface area contributed by atoms with Crippen molar-refractivity contribution in [3.05, 3.63) is 41.0 Å². The molecule has 0 saturated carbocycles. The van der Waals surface area contributed by atoms with Crippen molar-refractivity contribution in [2.75, 3.05) is 0 Å². The van der Waals surface area contributed by atoms with Crippen molar-refractivity contribution >= 4 is 12.0 Å². The Labute approximate surface area is 83.9 Å². The van der Waals surface area contributed by atoms with Crippen LogP contribution >= 0.6 is 0 Å². The number of aliphatic carboxylic acids is 1. The molecule has 2 nitrogen and oxygen atoms in total. The summed E-state index contributed by atoms with van der Waals surface area (Å²) in [6.45, 7) is 4.06. The number of carboxylic acid groups (broad SMARTS) is 1. The number of hydrogen-bond acceptors (Lipinski definition) is 1. The van der Waals surface area contributed by atoms with E-state index in [0.29, 0.717) is 0 Å². The standard InChI is InChI=1S/C12H14O2/c1-9-6-10(2)8-11(7-9)4-3-5-12(13)14/h3-4,6-8H,5H2,1-2H3,(H,13,14)/b4-3+. The van der Waals surface area contributed by atoms with Crippen LogP contribution in [-0.2, 0) is 4.79 Å². The summed E-state index contributed by atoms with van der Waals surface area (Å²) in [5.41, 5.74) is 3.45. The number of carbonyl (C=O) groups is 1. The van der Waals surface area contributed by atoms with Crippen LogP contribution in [0.25, 0.3) is 6.08 Å². The molecular weight excluding hydrogens is 176 g/mol. The lowest BCUT2D eigenvalue weighted by molar-refractivity contribution is -0.135. The minimum atomic E-state index is -0.800. The highest BCUT2D eigenvalue weighted by Crippen LogP contribution is 2.10. The lowest BCUT2D eigenvalue weighted by Gasteiger charge is -1.99. The van der Waals surface area contributed by atoms with Crippen molar-refractivity contribution in [1.29, 1.82) is 0 Å². The second-order valence-corrected chi connectivity index (χ2v) is 3.42. The Morgan fingerprint density at radius 3 is 2.36 bits per heavy atom. The zero-order chi connectivity index (χ0) is 10.6. The van der Waals surface area contributed by atoms with Gasteiger partial charge < -0.3 is 5.11 Å². The van der Waals surface area contributed by atoms with Gasteiger partial charge in [-0.3, -0.25) is 4.79 Å². The molecule has 0 fully saturated rings. The monoisotopic (exact) mass is 190 g/mol. The second kappa shape index (κ2) is 4.61. The Morgan fingerprint density at radius 1 is 1.29 bits per heavy atom. The molecule has 0 aliphatic heterocycles. The predicted octanol–water partition coefficient (Wildman–Crippen LogP) is 2.79. The molecule has 0 heterocycles. The molecule has 0 amide bonds. The van der Waals surface area contributed by atoms with Gasteiger partial charge in [0.2, 0.25) is 0 Å². The molecule has 0 aliphatic rings. The van der Waals surface area contributed by atoms with Crippen molar-refractivity contribution in [2.45, 2.75) is 20.3 Å². The lowest BCUT2D eigenvalue weighted by atomic mass is 10.1. The molecule has 0 spiro atoms. The Balaban J connectivity index is 2.76. The number of hydrogen-bond donors (Lipinski definition) is 1. The van der Waals surface area contributed by atoms with Gasteiger partial charge in [-0.25, -0.2) is 0 Å². The number of benzene rings is 1. The third kappa shape index (κ3) is 3.44. The van der Waals surface area contributed by atoms with E-state index in [2.05, 4.69) is 6.07 Å². The van der Waals surface area contributed by atoms with E-state index in [0.717, 1.165) is 5.56 Å². The second-order valence-electron chi connectivity index (χ2n) is 3.42. The minimum Gasteiger partial charge on any atom is -0.481 e. The van der Waals surface area contributed by atoms with Gasteiger partial charge in [-0.1, -0.05) is 41.5 Å². The summed E-state index contributed by atoms with van der Waals surface area (Å²) >= 11 is 0. The van der Waals surface area contributed by atoms with Gasteiger partial charge in [-0.2, -0.15) is 0 Å². The van der Waals surface area contributed by atoms with E-state index in [9.17, 15) is 4.79 Å². The molecule has 0 aliphatic carbocycles. The van der Waals surface area contributed by atoms with E-state index in [-0.39, 0.29) is 6.42 Å². The van der Waals surface area contributed by atoms with Crippen LogP contribution in [0.4, 0.5) is 0 Å². The summed E-state index contributed by atoms with van der Waals surface area (Å²) in [5, 5.41) is 8.45. The molecular formula is C12H14O2. The largest absolute Gasteiger partial charge is 0.481 e. The molecule has 0 unspecified atom stereocenters. The average molecular weight is 190 g/mol. The van der Waals surface area contributed by atoms with Crippen LogP contribution in [0.5, 0.6) is 0 Å². The average Bonchev–Trinajstić information content (AvgIpc) is 2.01. The number of carboxylic acids is 1. The third-order valence-electron chi connectivity index (χ3n) is 1.85. The SMILES string of the molecule is Cc1cc(C)cc(/C=C/CC(=O)O)c1. The van der Waals surface area contributed by atoms with Crippen LogP contribution < -0.4 is 0 Å². The van der Waals surface area contributed by atoms with Crippen LogP contribution in [0.3, 0.4) is 0 Å². The Morgan fingerprint density at radius 2 is 1.86 bits per heavy atom. The highest BCUT2D eigenvalue weighted by molar-refractivity contribution is 5.70. The quantitative estimate of drug-likeness (QED) is 0.795. The molecule has 1 aromatic rings. The molecule has 1 N–H and O–H groups in total. The third-order valence-corrected chi connectivity index (χ3v) is 1.85. The first-order valence-electron chi connectivity index (χ1n) is 4.54. The molecule has 0 aromatic heterocycles. The minimum absolute atomic E-state index is 0.0764. The number of rotatable bonds is 3. The molecule has 0 atom stereocenters. The van der Waals surface area contributed by atoms with E-state index < -0.39 is 5.97 Å². The van der Waals surface area contributed by atoms with Crippen LogP contribution in [0.15, 0.2) is 24.3 Å². The first-order chi connectivity index (χ1) is 6.58. The molecule has 14 heavy (non-hydrogen) atoms. The highest BCUT2D eigenvalue weighted by atomic mass is 16.4. The maximum absolute atomic E-state index is 10.3. The van der Waals surface area contributed by atoms with Gasteiger partial charge in [0, 0.05) is 0 Å². The van der Waals surface area contributed by atoms with Crippen molar-refractivity contribution < 1.29 is 9.90 Å². The molecule has 0 saturated heterocycles. The summed E-state index contributed by atoms with van der Waals surface area (Å²) in [6.07, 6.45) is 3.58. The normalized spacial score (nSPS) is 10.7. The Bertz CT molecular complexity index is 344. The maximum atomic E-state index is 10.3. The van der Waals surface area contributed by atoms with Crippen molar-refractivity contribution in [2.24, 2.45) is 0 Å². The van der Waals surface area contributed by atoms with Crippen molar-refractivity contribution in [3.63, 3.8) is 0 Å². The Hall–Kier alpha value is -1.57. The van der Waals surface area contributed by atoms with Gasteiger partial charge in [-0.05, 0) is 19.4 Å². The van der Waals surface area contributed by atoms with Crippen LogP contribution in [0, 0.1) is 13.8 Å². The van der Waals surface area contributed by atoms with Gasteiger partial charge >= 0.3 is 5.97 Å². The van der Waals surface area contributed by atoms with Crippen LogP contribution in [-0.4, -0.2) is 11.1 Å². The first-order valence-corrected chi connectivity index (χ1v) is 4.54. The number of aryl methyl sites for hydroxylation is 2. The Kier molecular flexibility index (Phi) is 3.46. The summed E-state index contributed by atoms with van der Waals surface area (Å²) in [6, 6.07) is 6.16. The fraction of sp³-hybridized carbons (Fsp3) is 0.250. The zero-order valence-corrected chi connectivity index (χ0v) is 8.45. The van der Waals surface area contributed by atoms with Gasteiger partial charge in [0.15, 0.2) is 0 Å². The summed E-state index contributed by atoms with van der Waals surface area (Å²) < 4.78 is 0. The van der Waals surface area contributed by atoms with Crippen molar-refractivity contribution in [1.82, 2.24) is 0 Å². The maximum Gasteiger partial charge on any atom is 0.307 e. The van der Waals surface area contributed by atoms with E-state index in [4.69, 9.17) is 5.11 Å². The van der Waals surface area contributed by atoms with Crippen LogP contribution in [0.2, 0.25) is 0 Å². The summed E-state index contributed by atoms with van der Waals surface area (Å²) in [5.74, 6) is -0.800. The molecule has 1 aromatic carbocycles. The fourth-order valence-electron chi connectivity index (χ4n) is 1.40. The summed E-state index contributed by atoms with van der Waals surface area (Å²) in [7, 11) is 0. The highest BCUT2D eigenvalue weighted by Gasteiger charge is 1.93. The van der Waals surface area contributed by atoms with Crippen molar-refractivity contribution in [3.8, 4) is 0 Å².